The van der Waals surface area contributed by atoms with Gasteiger partial charge in [0.2, 0.25) is 0 Å². The van der Waals surface area contributed by atoms with E-state index in [4.69, 9.17) is 0 Å². The summed E-state index contributed by atoms with van der Waals surface area (Å²) in [4.78, 5) is 14.4. The number of nitrogens with zero attached hydrogens (tertiary/aromatic N) is 1. The molecule has 2 aromatic rings. The molecular weight excluding hydrogens is 326 g/mol. The molecule has 2 nitrogen and oxygen atoms in total. The van der Waals surface area contributed by atoms with Crippen LogP contribution >= 0.6 is 15.9 Å². The van der Waals surface area contributed by atoms with Crippen LogP contribution in [0.1, 0.15) is 35.6 Å². The van der Waals surface area contributed by atoms with Gasteiger partial charge in [-0.2, -0.15) is 0 Å². The van der Waals surface area contributed by atoms with Crippen LogP contribution in [0.25, 0.3) is 0 Å². The van der Waals surface area contributed by atoms with Crippen molar-refractivity contribution in [1.29, 1.82) is 0 Å². The zero-order chi connectivity index (χ0) is 14.4. The van der Waals surface area contributed by atoms with Crippen LogP contribution in [0.15, 0.2) is 46.9 Å². The number of piperidine rings is 1. The molecule has 0 aliphatic carbocycles. The van der Waals surface area contributed by atoms with Gasteiger partial charge in [0.25, 0.3) is 0 Å². The molecule has 0 N–H and O–H groups in total. The molecule has 3 heteroatoms. The summed E-state index contributed by atoms with van der Waals surface area (Å²) < 4.78 is 1.12. The Balaban J connectivity index is 1.92. The summed E-state index contributed by atoms with van der Waals surface area (Å²) in [5, 5.41) is 0. The summed E-state index contributed by atoms with van der Waals surface area (Å²) in [6.45, 7) is 0.826. The fourth-order valence-electron chi connectivity index (χ4n) is 3.60. The van der Waals surface area contributed by atoms with Gasteiger partial charge in [0.15, 0.2) is 0 Å². The average Bonchev–Trinajstić information content (AvgIpc) is 2.61. The van der Waals surface area contributed by atoms with E-state index >= 15 is 0 Å². The molecule has 4 rings (SSSR count). The normalized spacial score (nSPS) is 20.3. The van der Waals surface area contributed by atoms with Gasteiger partial charge in [-0.25, -0.2) is 0 Å². The number of carbonyl (C=O) groups excluding carboxylic acids is 1. The van der Waals surface area contributed by atoms with Crippen molar-refractivity contribution in [2.45, 2.75) is 25.3 Å². The fourth-order valence-corrected chi connectivity index (χ4v) is 4.00. The van der Waals surface area contributed by atoms with E-state index < -0.39 is 0 Å². The molecule has 21 heavy (non-hydrogen) atoms. The minimum absolute atomic E-state index is 0.199. The van der Waals surface area contributed by atoms with Crippen LogP contribution in [0, 0.1) is 0 Å². The molecule has 1 atom stereocenters. The summed E-state index contributed by atoms with van der Waals surface area (Å²) >= 11 is 3.58. The summed E-state index contributed by atoms with van der Waals surface area (Å²) in [7, 11) is 0. The van der Waals surface area contributed by atoms with Crippen LogP contribution in [0.4, 0.5) is 5.69 Å². The third-order valence-corrected chi connectivity index (χ3v) is 5.07. The molecule has 1 unspecified atom stereocenters. The molecule has 2 aliphatic rings. The SMILES string of the molecule is O=C1CCN2c3ccc(Br)cc3Cc3ccccc3C2C1. The third kappa shape index (κ3) is 2.20. The maximum Gasteiger partial charge on any atom is 0.137 e. The van der Waals surface area contributed by atoms with E-state index in [1.54, 1.807) is 0 Å². The molecule has 0 bridgehead atoms. The number of rotatable bonds is 0. The van der Waals surface area contributed by atoms with Crippen LogP contribution < -0.4 is 4.90 Å². The monoisotopic (exact) mass is 341 g/mol. The standard InChI is InChI=1S/C18H16BrNO/c19-14-5-6-17-13(10-14)9-12-3-1-2-4-16(12)18-11-15(21)7-8-20(17)18/h1-6,10,18H,7-9,11H2. The lowest BCUT2D eigenvalue weighted by Gasteiger charge is -2.37. The Hall–Kier alpha value is -1.61. The summed E-state index contributed by atoms with van der Waals surface area (Å²) in [6.07, 6.45) is 2.23. The smallest absolute Gasteiger partial charge is 0.137 e. The van der Waals surface area contributed by atoms with Crippen LogP contribution in [-0.2, 0) is 11.2 Å². The van der Waals surface area contributed by atoms with E-state index in [1.165, 1.54) is 22.4 Å². The van der Waals surface area contributed by atoms with Crippen LogP contribution in [0.2, 0.25) is 0 Å². The topological polar surface area (TPSA) is 20.3 Å². The van der Waals surface area contributed by atoms with Gasteiger partial charge >= 0.3 is 0 Å². The van der Waals surface area contributed by atoms with Crippen molar-refractivity contribution in [3.63, 3.8) is 0 Å². The maximum atomic E-state index is 12.0. The van der Waals surface area contributed by atoms with Gasteiger partial charge in [-0.3, -0.25) is 4.79 Å². The van der Waals surface area contributed by atoms with E-state index in [9.17, 15) is 4.79 Å². The first kappa shape index (κ1) is 13.1. The molecule has 0 amide bonds. The Kier molecular flexibility index (Phi) is 3.11. The largest absolute Gasteiger partial charge is 0.363 e. The van der Waals surface area contributed by atoms with Gasteiger partial charge in [0.05, 0.1) is 6.04 Å². The number of anilines is 1. The first-order chi connectivity index (χ1) is 10.2. The van der Waals surface area contributed by atoms with E-state index in [-0.39, 0.29) is 6.04 Å². The highest BCUT2D eigenvalue weighted by Crippen LogP contribution is 2.41. The predicted molar refractivity (Wildman–Crippen MR) is 87.7 cm³/mol. The highest BCUT2D eigenvalue weighted by Gasteiger charge is 2.33. The Bertz CT molecular complexity index is 725. The van der Waals surface area contributed by atoms with Crippen molar-refractivity contribution in [1.82, 2.24) is 0 Å². The van der Waals surface area contributed by atoms with Crippen molar-refractivity contribution in [3.05, 3.63) is 63.6 Å². The molecule has 0 spiro atoms. The van der Waals surface area contributed by atoms with Crippen molar-refractivity contribution in [3.8, 4) is 0 Å². The second-order valence-corrected chi connectivity index (χ2v) is 6.77. The van der Waals surface area contributed by atoms with Crippen LogP contribution in [0.5, 0.6) is 0 Å². The number of ketones is 1. The maximum absolute atomic E-state index is 12.0. The molecule has 0 aromatic heterocycles. The van der Waals surface area contributed by atoms with Gasteiger partial charge in [-0.05, 0) is 41.3 Å². The Morgan fingerprint density at radius 3 is 2.86 bits per heavy atom. The summed E-state index contributed by atoms with van der Waals surface area (Å²) in [6, 6.07) is 15.3. The predicted octanol–water partition coefficient (Wildman–Crippen LogP) is 4.26. The molecule has 1 fully saturated rings. The van der Waals surface area contributed by atoms with E-state index in [0.717, 1.165) is 17.4 Å². The summed E-state index contributed by atoms with van der Waals surface area (Å²) in [5.74, 6) is 0.381. The third-order valence-electron chi connectivity index (χ3n) is 4.57. The van der Waals surface area contributed by atoms with Gasteiger partial charge in [-0.15, -0.1) is 0 Å². The Morgan fingerprint density at radius 2 is 1.95 bits per heavy atom. The van der Waals surface area contributed by atoms with Gasteiger partial charge in [0.1, 0.15) is 5.78 Å². The van der Waals surface area contributed by atoms with E-state index in [1.807, 2.05) is 0 Å². The van der Waals surface area contributed by atoms with Crippen molar-refractivity contribution in [2.24, 2.45) is 0 Å². The lowest BCUT2D eigenvalue weighted by molar-refractivity contribution is -0.120. The number of benzene rings is 2. The highest BCUT2D eigenvalue weighted by molar-refractivity contribution is 9.10. The van der Waals surface area contributed by atoms with Gasteiger partial charge in [-0.1, -0.05) is 40.2 Å². The van der Waals surface area contributed by atoms with Crippen LogP contribution in [-0.4, -0.2) is 12.3 Å². The second kappa shape index (κ2) is 4.99. The molecule has 0 radical (unpaired) electrons. The molecular formula is C18H16BrNO. The van der Waals surface area contributed by atoms with Gasteiger partial charge in [0, 0.05) is 29.5 Å². The molecule has 106 valence electrons. The number of fused-ring (bicyclic) bond motifs is 5. The first-order valence-corrected chi connectivity index (χ1v) is 8.16. The molecule has 2 heterocycles. The molecule has 1 saturated heterocycles. The number of hydrogen-bond donors (Lipinski definition) is 0. The Morgan fingerprint density at radius 1 is 1.10 bits per heavy atom. The highest BCUT2D eigenvalue weighted by atomic mass is 79.9. The van der Waals surface area contributed by atoms with Crippen molar-refractivity contribution >= 4 is 27.4 Å². The fraction of sp³-hybridized carbons (Fsp3) is 0.278. The zero-order valence-corrected chi connectivity index (χ0v) is 13.3. The van der Waals surface area contributed by atoms with E-state index in [0.29, 0.717) is 18.6 Å². The molecule has 0 saturated carbocycles. The lowest BCUT2D eigenvalue weighted by Crippen LogP contribution is -2.37. The Labute approximate surface area is 132 Å². The minimum atomic E-state index is 0.199. The van der Waals surface area contributed by atoms with Crippen LogP contribution in [0.3, 0.4) is 0 Å². The van der Waals surface area contributed by atoms with Gasteiger partial charge < -0.3 is 4.90 Å². The first-order valence-electron chi connectivity index (χ1n) is 7.37. The molecule has 2 aliphatic heterocycles. The van der Waals surface area contributed by atoms with Crippen molar-refractivity contribution < 1.29 is 4.79 Å². The zero-order valence-electron chi connectivity index (χ0n) is 11.7. The quantitative estimate of drug-likeness (QED) is 0.713. The number of halogens is 1. The number of hydrogen-bond acceptors (Lipinski definition) is 2. The minimum Gasteiger partial charge on any atom is -0.363 e. The number of carbonyl (C=O) groups is 1. The lowest BCUT2D eigenvalue weighted by atomic mass is 9.91. The summed E-state index contributed by atoms with van der Waals surface area (Å²) in [5.41, 5.74) is 5.29. The number of Topliss-reactive ketones (excluding diaryl/α,β-unsaturated/α-hetero) is 1. The van der Waals surface area contributed by atoms with Crippen molar-refractivity contribution in [2.75, 3.05) is 11.4 Å². The second-order valence-electron chi connectivity index (χ2n) is 5.85. The average molecular weight is 342 g/mol. The molecule has 2 aromatic carbocycles. The van der Waals surface area contributed by atoms with E-state index in [2.05, 4.69) is 63.3 Å².